The maximum Gasteiger partial charge on any atom is 0.0237 e. The molecule has 4 heteroatoms. The van der Waals surface area contributed by atoms with Crippen molar-refractivity contribution in [3.8, 4) is 0 Å². The van der Waals surface area contributed by atoms with Crippen molar-refractivity contribution >= 4 is 0 Å². The van der Waals surface area contributed by atoms with Crippen molar-refractivity contribution in [1.29, 1.82) is 0 Å². The fourth-order valence-electron chi connectivity index (χ4n) is 4.99. The third-order valence-electron chi connectivity index (χ3n) is 6.73. The molecule has 4 nitrogen and oxygen atoms in total. The number of benzene rings is 2. The molecular weight excluding hydrogens is 368 g/mol. The van der Waals surface area contributed by atoms with Gasteiger partial charge in [-0.05, 0) is 24.0 Å². The molecule has 30 heavy (non-hydrogen) atoms. The third kappa shape index (κ3) is 6.39. The minimum Gasteiger partial charge on any atom is -0.314 e. The summed E-state index contributed by atoms with van der Waals surface area (Å²) in [5.41, 5.74) is 2.88. The van der Waals surface area contributed by atoms with Gasteiger partial charge in [-0.25, -0.2) is 0 Å². The van der Waals surface area contributed by atoms with E-state index in [-0.39, 0.29) is 0 Å². The molecule has 0 spiro atoms. The first-order valence-corrected chi connectivity index (χ1v) is 11.9. The molecule has 0 amide bonds. The molecule has 2 atom stereocenters. The summed E-state index contributed by atoms with van der Waals surface area (Å²) in [4.78, 5) is 5.38. The van der Waals surface area contributed by atoms with Gasteiger partial charge in [-0.2, -0.15) is 0 Å². The Morgan fingerprint density at radius 1 is 0.633 bits per heavy atom. The molecule has 2 N–H and O–H groups in total. The van der Waals surface area contributed by atoms with E-state index >= 15 is 0 Å². The van der Waals surface area contributed by atoms with E-state index in [0.29, 0.717) is 12.1 Å². The Balaban J connectivity index is 1.22. The molecule has 2 fully saturated rings. The second-order valence-electron chi connectivity index (χ2n) is 8.91. The predicted molar refractivity (Wildman–Crippen MR) is 125 cm³/mol. The van der Waals surface area contributed by atoms with Crippen molar-refractivity contribution in [3.05, 3.63) is 71.8 Å². The fourth-order valence-corrected chi connectivity index (χ4v) is 4.99. The highest BCUT2D eigenvalue weighted by Gasteiger charge is 2.24. The molecule has 2 unspecified atom stereocenters. The topological polar surface area (TPSA) is 30.5 Å². The van der Waals surface area contributed by atoms with Crippen LogP contribution in [0.4, 0.5) is 0 Å². The summed E-state index contributed by atoms with van der Waals surface area (Å²) in [6.45, 7) is 9.01. The van der Waals surface area contributed by atoms with Gasteiger partial charge in [0.15, 0.2) is 0 Å². The Kier molecular flexibility index (Phi) is 8.33. The Bertz CT molecular complexity index is 657. The van der Waals surface area contributed by atoms with E-state index in [0.717, 1.165) is 52.4 Å². The minimum absolute atomic E-state index is 0.670. The van der Waals surface area contributed by atoms with Gasteiger partial charge in [0.2, 0.25) is 0 Å². The first-order valence-electron chi connectivity index (χ1n) is 11.9. The van der Waals surface area contributed by atoms with Crippen molar-refractivity contribution in [2.24, 2.45) is 0 Å². The molecular formula is C26H38N4. The van der Waals surface area contributed by atoms with Gasteiger partial charge in [0.25, 0.3) is 0 Å². The molecule has 2 aliphatic rings. The molecule has 0 aromatic heterocycles. The highest BCUT2D eigenvalue weighted by atomic mass is 15.2. The van der Waals surface area contributed by atoms with E-state index < -0.39 is 0 Å². The largest absolute Gasteiger partial charge is 0.314 e. The van der Waals surface area contributed by atoms with Crippen LogP contribution in [0, 0.1) is 0 Å². The van der Waals surface area contributed by atoms with Crippen LogP contribution in [0.25, 0.3) is 0 Å². The number of nitrogens with zero attached hydrogens (tertiary/aromatic N) is 2. The van der Waals surface area contributed by atoms with Crippen molar-refractivity contribution in [3.63, 3.8) is 0 Å². The molecule has 0 radical (unpaired) electrons. The number of rotatable bonds is 9. The SMILES string of the molecule is c1ccc(CN2CCNCC2CCCCC2CNCCN2Cc2ccccc2)cc1. The second-order valence-corrected chi connectivity index (χ2v) is 8.91. The van der Waals surface area contributed by atoms with Gasteiger partial charge >= 0.3 is 0 Å². The van der Waals surface area contributed by atoms with Crippen LogP contribution in [0.5, 0.6) is 0 Å². The third-order valence-corrected chi connectivity index (χ3v) is 6.73. The van der Waals surface area contributed by atoms with E-state index in [1.807, 2.05) is 0 Å². The van der Waals surface area contributed by atoms with Gasteiger partial charge in [-0.15, -0.1) is 0 Å². The van der Waals surface area contributed by atoms with Crippen LogP contribution in [0.3, 0.4) is 0 Å². The van der Waals surface area contributed by atoms with E-state index in [1.165, 1.54) is 36.8 Å². The quantitative estimate of drug-likeness (QED) is 0.624. The molecule has 2 heterocycles. The first kappa shape index (κ1) is 21.5. The predicted octanol–water partition coefficient (Wildman–Crippen LogP) is 3.49. The summed E-state index contributed by atoms with van der Waals surface area (Å²) in [6, 6.07) is 23.2. The van der Waals surface area contributed by atoms with Crippen LogP contribution in [0.1, 0.15) is 36.8 Å². The Morgan fingerprint density at radius 2 is 1.07 bits per heavy atom. The number of piperazine rings is 2. The van der Waals surface area contributed by atoms with Gasteiger partial charge in [0, 0.05) is 64.4 Å². The highest BCUT2D eigenvalue weighted by Crippen LogP contribution is 2.19. The summed E-state index contributed by atoms with van der Waals surface area (Å²) in [5.74, 6) is 0. The molecule has 2 aromatic rings. The lowest BCUT2D eigenvalue weighted by molar-refractivity contribution is 0.131. The maximum atomic E-state index is 3.62. The van der Waals surface area contributed by atoms with E-state index in [1.54, 1.807) is 0 Å². The maximum absolute atomic E-state index is 3.62. The molecule has 2 aliphatic heterocycles. The molecule has 4 rings (SSSR count). The summed E-state index contributed by atoms with van der Waals surface area (Å²) in [6.07, 6.45) is 5.26. The van der Waals surface area contributed by atoms with Crippen molar-refractivity contribution in [2.75, 3.05) is 39.3 Å². The molecule has 0 aliphatic carbocycles. The lowest BCUT2D eigenvalue weighted by Crippen LogP contribution is -2.51. The Morgan fingerprint density at radius 3 is 1.50 bits per heavy atom. The standard InChI is InChI=1S/C26H38N4/c1-3-9-23(10-4-1)21-29-17-15-27-19-25(29)13-7-8-14-26-20-28-16-18-30(26)22-24-11-5-2-6-12-24/h1-6,9-12,25-28H,7-8,13-22H2. The van der Waals surface area contributed by atoms with Crippen LogP contribution in [0.2, 0.25) is 0 Å². The number of unbranched alkanes of at least 4 members (excludes halogenated alkanes) is 1. The van der Waals surface area contributed by atoms with Gasteiger partial charge in [-0.1, -0.05) is 73.5 Å². The average Bonchev–Trinajstić information content (AvgIpc) is 2.80. The van der Waals surface area contributed by atoms with E-state index in [2.05, 4.69) is 81.1 Å². The molecule has 2 aromatic carbocycles. The van der Waals surface area contributed by atoms with Gasteiger partial charge < -0.3 is 10.6 Å². The van der Waals surface area contributed by atoms with E-state index in [4.69, 9.17) is 0 Å². The molecule has 0 bridgehead atoms. The lowest BCUT2D eigenvalue weighted by Gasteiger charge is -2.37. The van der Waals surface area contributed by atoms with Crippen LogP contribution in [-0.4, -0.2) is 61.2 Å². The molecule has 0 saturated carbocycles. The zero-order chi connectivity index (χ0) is 20.4. The highest BCUT2D eigenvalue weighted by molar-refractivity contribution is 5.15. The Hall–Kier alpha value is -1.72. The summed E-state index contributed by atoms with van der Waals surface area (Å²) >= 11 is 0. The zero-order valence-corrected chi connectivity index (χ0v) is 18.3. The van der Waals surface area contributed by atoms with Gasteiger partial charge in [0.1, 0.15) is 0 Å². The smallest absolute Gasteiger partial charge is 0.0237 e. The van der Waals surface area contributed by atoms with Crippen LogP contribution in [0.15, 0.2) is 60.7 Å². The monoisotopic (exact) mass is 406 g/mol. The second kappa shape index (κ2) is 11.6. The van der Waals surface area contributed by atoms with Crippen molar-refractivity contribution < 1.29 is 0 Å². The summed E-state index contributed by atoms with van der Waals surface area (Å²) in [5, 5.41) is 7.23. The fraction of sp³-hybridized carbons (Fsp3) is 0.538. The number of nitrogens with one attached hydrogen (secondary N) is 2. The Labute approximate surface area is 182 Å². The van der Waals surface area contributed by atoms with Crippen LogP contribution < -0.4 is 10.6 Å². The van der Waals surface area contributed by atoms with Gasteiger partial charge in [0.05, 0.1) is 0 Å². The summed E-state index contributed by atoms with van der Waals surface area (Å²) in [7, 11) is 0. The first-order chi connectivity index (χ1) is 14.9. The number of hydrogen-bond acceptors (Lipinski definition) is 4. The minimum atomic E-state index is 0.670. The van der Waals surface area contributed by atoms with Crippen molar-refractivity contribution in [1.82, 2.24) is 20.4 Å². The normalized spacial score (nSPS) is 23.5. The van der Waals surface area contributed by atoms with Gasteiger partial charge in [-0.3, -0.25) is 9.80 Å². The molecule has 2 saturated heterocycles. The van der Waals surface area contributed by atoms with Crippen LogP contribution >= 0.6 is 0 Å². The molecule has 162 valence electrons. The zero-order valence-electron chi connectivity index (χ0n) is 18.3. The summed E-state index contributed by atoms with van der Waals surface area (Å²) < 4.78 is 0. The van der Waals surface area contributed by atoms with Crippen molar-refractivity contribution in [2.45, 2.75) is 50.9 Å². The average molecular weight is 407 g/mol. The van der Waals surface area contributed by atoms with E-state index in [9.17, 15) is 0 Å². The number of hydrogen-bond donors (Lipinski definition) is 2. The van der Waals surface area contributed by atoms with Crippen LogP contribution in [-0.2, 0) is 13.1 Å². The lowest BCUT2D eigenvalue weighted by atomic mass is 10.00.